The maximum atomic E-state index is 12.0. The van der Waals surface area contributed by atoms with Crippen LogP contribution in [-0.4, -0.2) is 71.6 Å². The highest BCUT2D eigenvalue weighted by atomic mass is 16.2. The lowest BCUT2D eigenvalue weighted by Gasteiger charge is -2.32. The highest BCUT2D eigenvalue weighted by Gasteiger charge is 2.21. The molecular formula is C14H25N5O. The molecule has 0 aromatic carbocycles. The van der Waals surface area contributed by atoms with E-state index in [1.54, 1.807) is 17.1 Å². The van der Waals surface area contributed by atoms with E-state index in [1.807, 2.05) is 7.05 Å². The van der Waals surface area contributed by atoms with Crippen molar-refractivity contribution in [2.75, 3.05) is 40.3 Å². The number of carbonyl (C=O) groups excluding carboxylic acids is 1. The molecule has 1 aliphatic heterocycles. The first-order chi connectivity index (χ1) is 9.54. The highest BCUT2D eigenvalue weighted by Crippen LogP contribution is 2.10. The first-order valence-corrected chi connectivity index (χ1v) is 7.20. The molecule has 112 valence electrons. The molecule has 1 aromatic heterocycles. The second-order valence-electron chi connectivity index (χ2n) is 5.82. The summed E-state index contributed by atoms with van der Waals surface area (Å²) < 4.78 is 1.79. The number of aromatic nitrogens is 2. The van der Waals surface area contributed by atoms with Crippen molar-refractivity contribution < 1.29 is 4.79 Å². The summed E-state index contributed by atoms with van der Waals surface area (Å²) in [5.74, 6) is -0.0580. The molecule has 0 bridgehead atoms. The molecule has 0 unspecified atom stereocenters. The lowest BCUT2D eigenvalue weighted by atomic mass is 10.0. The minimum absolute atomic E-state index is 0.0580. The fourth-order valence-corrected chi connectivity index (χ4v) is 2.43. The first-order valence-electron chi connectivity index (χ1n) is 7.20. The number of carbonyl (C=O) groups is 1. The van der Waals surface area contributed by atoms with E-state index in [1.165, 1.54) is 0 Å². The summed E-state index contributed by atoms with van der Waals surface area (Å²) in [7, 11) is 6.06. The molecule has 2 heterocycles. The second-order valence-corrected chi connectivity index (χ2v) is 5.82. The average molecular weight is 279 g/mol. The summed E-state index contributed by atoms with van der Waals surface area (Å²) in [5, 5.41) is 3.08. The van der Waals surface area contributed by atoms with Crippen molar-refractivity contribution in [1.82, 2.24) is 24.7 Å². The number of likely N-dealkylation sites (tertiary alicyclic amines) is 1. The molecule has 1 fully saturated rings. The molecule has 0 spiro atoms. The Kier molecular flexibility index (Phi) is 5.14. The Morgan fingerprint density at radius 1 is 1.45 bits per heavy atom. The standard InChI is InChI=1S/C14H25N5O/c1-17(2)8-9-19-6-4-12(5-7-19)16-14(20)13-10-18(3)11-15-13/h10-12H,4-9H2,1-3H3,(H,16,20). The number of hydrogen-bond donors (Lipinski definition) is 1. The van der Waals surface area contributed by atoms with Crippen LogP contribution in [0.5, 0.6) is 0 Å². The monoisotopic (exact) mass is 279 g/mol. The molecule has 6 nitrogen and oxygen atoms in total. The lowest BCUT2D eigenvalue weighted by molar-refractivity contribution is 0.0904. The van der Waals surface area contributed by atoms with E-state index in [4.69, 9.17) is 0 Å². The number of nitrogens with one attached hydrogen (secondary N) is 1. The minimum atomic E-state index is -0.0580. The van der Waals surface area contributed by atoms with Crippen LogP contribution in [-0.2, 0) is 7.05 Å². The normalized spacial score (nSPS) is 17.6. The van der Waals surface area contributed by atoms with Gasteiger partial charge in [-0.2, -0.15) is 0 Å². The van der Waals surface area contributed by atoms with Gasteiger partial charge in [0.1, 0.15) is 5.69 Å². The fraction of sp³-hybridized carbons (Fsp3) is 0.714. The molecule has 1 N–H and O–H groups in total. The van der Waals surface area contributed by atoms with Crippen LogP contribution >= 0.6 is 0 Å². The third-order valence-electron chi connectivity index (χ3n) is 3.72. The maximum Gasteiger partial charge on any atom is 0.271 e. The van der Waals surface area contributed by atoms with Crippen LogP contribution in [0, 0.1) is 0 Å². The molecule has 2 rings (SSSR count). The smallest absolute Gasteiger partial charge is 0.271 e. The minimum Gasteiger partial charge on any atom is -0.348 e. The number of piperidine rings is 1. The Morgan fingerprint density at radius 3 is 2.70 bits per heavy atom. The Balaban J connectivity index is 1.73. The predicted molar refractivity (Wildman–Crippen MR) is 78.7 cm³/mol. The summed E-state index contributed by atoms with van der Waals surface area (Å²) in [6.45, 7) is 4.31. The van der Waals surface area contributed by atoms with Crippen molar-refractivity contribution in [3.63, 3.8) is 0 Å². The van der Waals surface area contributed by atoms with E-state index < -0.39 is 0 Å². The van der Waals surface area contributed by atoms with Crippen LogP contribution in [0.25, 0.3) is 0 Å². The van der Waals surface area contributed by atoms with Crippen molar-refractivity contribution in [2.24, 2.45) is 7.05 Å². The zero-order valence-electron chi connectivity index (χ0n) is 12.7. The fourth-order valence-electron chi connectivity index (χ4n) is 2.43. The van der Waals surface area contributed by atoms with Crippen molar-refractivity contribution in [3.05, 3.63) is 18.2 Å². The van der Waals surface area contributed by atoms with E-state index in [9.17, 15) is 4.79 Å². The zero-order valence-corrected chi connectivity index (χ0v) is 12.7. The van der Waals surface area contributed by atoms with E-state index >= 15 is 0 Å². The number of nitrogens with zero attached hydrogens (tertiary/aromatic N) is 4. The van der Waals surface area contributed by atoms with E-state index in [-0.39, 0.29) is 11.9 Å². The van der Waals surface area contributed by atoms with Crippen LogP contribution in [0.3, 0.4) is 0 Å². The van der Waals surface area contributed by atoms with Gasteiger partial charge in [0.25, 0.3) is 5.91 Å². The zero-order chi connectivity index (χ0) is 14.5. The topological polar surface area (TPSA) is 53.4 Å². The van der Waals surface area contributed by atoms with Crippen molar-refractivity contribution in [3.8, 4) is 0 Å². The van der Waals surface area contributed by atoms with Gasteiger partial charge in [-0.3, -0.25) is 4.79 Å². The van der Waals surface area contributed by atoms with Gasteiger partial charge >= 0.3 is 0 Å². The van der Waals surface area contributed by atoms with Gasteiger partial charge in [-0.15, -0.1) is 0 Å². The quantitative estimate of drug-likeness (QED) is 0.835. The Bertz CT molecular complexity index is 435. The van der Waals surface area contributed by atoms with E-state index in [2.05, 4.69) is 34.2 Å². The van der Waals surface area contributed by atoms with Crippen LogP contribution in [0.1, 0.15) is 23.3 Å². The lowest BCUT2D eigenvalue weighted by Crippen LogP contribution is -2.46. The SMILES string of the molecule is CN(C)CCN1CCC(NC(=O)c2cn(C)cn2)CC1. The number of aryl methyl sites for hydroxylation is 1. The third-order valence-corrected chi connectivity index (χ3v) is 3.72. The number of imidazole rings is 1. The van der Waals surface area contributed by atoms with Crippen molar-refractivity contribution in [2.45, 2.75) is 18.9 Å². The molecule has 1 saturated heterocycles. The average Bonchev–Trinajstić information content (AvgIpc) is 2.85. The van der Waals surface area contributed by atoms with Gasteiger partial charge in [-0.25, -0.2) is 4.98 Å². The maximum absolute atomic E-state index is 12.0. The van der Waals surface area contributed by atoms with Crippen LogP contribution in [0.4, 0.5) is 0 Å². The second kappa shape index (κ2) is 6.85. The largest absolute Gasteiger partial charge is 0.348 e. The van der Waals surface area contributed by atoms with Crippen LogP contribution < -0.4 is 5.32 Å². The van der Waals surface area contributed by atoms with Gasteiger partial charge in [0, 0.05) is 45.5 Å². The van der Waals surface area contributed by atoms with Gasteiger partial charge in [-0.05, 0) is 26.9 Å². The summed E-state index contributed by atoms with van der Waals surface area (Å²) >= 11 is 0. The Labute approximate surface area is 120 Å². The number of hydrogen-bond acceptors (Lipinski definition) is 4. The van der Waals surface area contributed by atoms with E-state index in [0.29, 0.717) is 5.69 Å². The van der Waals surface area contributed by atoms with Crippen molar-refractivity contribution >= 4 is 5.91 Å². The first kappa shape index (κ1) is 15.0. The Morgan fingerprint density at radius 2 is 2.15 bits per heavy atom. The van der Waals surface area contributed by atoms with Gasteiger partial charge in [0.15, 0.2) is 0 Å². The summed E-state index contributed by atoms with van der Waals surface area (Å²) in [4.78, 5) is 20.8. The molecule has 1 aromatic rings. The summed E-state index contributed by atoms with van der Waals surface area (Å²) in [5.41, 5.74) is 0.502. The van der Waals surface area contributed by atoms with Gasteiger partial charge in [0.2, 0.25) is 0 Å². The van der Waals surface area contributed by atoms with Gasteiger partial charge in [0.05, 0.1) is 6.33 Å². The number of rotatable bonds is 5. The number of amides is 1. The molecule has 0 radical (unpaired) electrons. The molecule has 1 amide bonds. The highest BCUT2D eigenvalue weighted by molar-refractivity contribution is 5.92. The third kappa shape index (κ3) is 4.31. The van der Waals surface area contributed by atoms with E-state index in [0.717, 1.165) is 39.0 Å². The van der Waals surface area contributed by atoms with Gasteiger partial charge < -0.3 is 19.7 Å². The molecule has 6 heteroatoms. The molecule has 20 heavy (non-hydrogen) atoms. The number of likely N-dealkylation sites (N-methyl/N-ethyl adjacent to an activating group) is 1. The predicted octanol–water partition coefficient (Wildman–Crippen LogP) is 0.176. The van der Waals surface area contributed by atoms with Crippen LogP contribution in [0.2, 0.25) is 0 Å². The molecule has 0 atom stereocenters. The van der Waals surface area contributed by atoms with Crippen LogP contribution in [0.15, 0.2) is 12.5 Å². The summed E-state index contributed by atoms with van der Waals surface area (Å²) in [6.07, 6.45) is 5.44. The Hall–Kier alpha value is -1.40. The molecule has 0 aliphatic carbocycles. The molecular weight excluding hydrogens is 254 g/mol. The molecule has 0 saturated carbocycles. The van der Waals surface area contributed by atoms with Gasteiger partial charge in [-0.1, -0.05) is 0 Å². The van der Waals surface area contributed by atoms with Crippen molar-refractivity contribution in [1.29, 1.82) is 0 Å². The molecule has 1 aliphatic rings. The summed E-state index contributed by atoms with van der Waals surface area (Å²) in [6, 6.07) is 0.278.